The molecule has 0 aromatic rings. The molecule has 0 saturated heterocycles. The van der Waals surface area contributed by atoms with Crippen molar-refractivity contribution in [1.29, 1.82) is 0 Å². The highest BCUT2D eigenvalue weighted by Gasteiger charge is 2.13. The molecule has 0 aromatic heterocycles. The minimum absolute atomic E-state index is 0.286. The van der Waals surface area contributed by atoms with E-state index >= 15 is 0 Å². The van der Waals surface area contributed by atoms with Gasteiger partial charge in [-0.2, -0.15) is 0 Å². The fourth-order valence-corrected chi connectivity index (χ4v) is 3.64. The van der Waals surface area contributed by atoms with Crippen LogP contribution in [0.5, 0.6) is 0 Å². The van der Waals surface area contributed by atoms with E-state index in [2.05, 4.69) is 38.2 Å². The van der Waals surface area contributed by atoms with Crippen LogP contribution >= 0.6 is 0 Å². The molecular weight excluding hydrogens is 362 g/mol. The highest BCUT2D eigenvalue weighted by Crippen LogP contribution is 2.24. The molecule has 0 aromatic carbocycles. The molecule has 0 spiro atoms. The Hall–Kier alpha value is -1.13. The Morgan fingerprint density at radius 1 is 0.931 bits per heavy atom. The molecule has 0 bridgehead atoms. The standard InChI is InChI=1S/C25H47NO3/c1-5-6-7-14-24(27)15-9-8-11-23(20-26-4)13-10-12-22(17-16-21(2)3)18-19-25(28)29/h8-9,11,15,21-24,26-27H,5-7,10,12-14,16-20H2,1-4H3,(H,28,29)/b11-8+,15-9+/t22-,23-,24+/m1/s1. The number of allylic oxidation sites excluding steroid dienone is 2. The summed E-state index contributed by atoms with van der Waals surface area (Å²) in [5, 5.41) is 22.2. The topological polar surface area (TPSA) is 69.6 Å². The van der Waals surface area contributed by atoms with Crippen molar-refractivity contribution >= 4 is 5.97 Å². The minimum Gasteiger partial charge on any atom is -0.481 e. The summed E-state index contributed by atoms with van der Waals surface area (Å²) in [5.74, 6) is 0.976. The highest BCUT2D eigenvalue weighted by molar-refractivity contribution is 5.66. The Morgan fingerprint density at radius 3 is 2.28 bits per heavy atom. The van der Waals surface area contributed by atoms with E-state index in [4.69, 9.17) is 5.11 Å². The third kappa shape index (κ3) is 18.6. The first-order valence-corrected chi connectivity index (χ1v) is 11.8. The molecular formula is C25H47NO3. The van der Waals surface area contributed by atoms with Gasteiger partial charge >= 0.3 is 5.97 Å². The van der Waals surface area contributed by atoms with Crippen LogP contribution in [0.4, 0.5) is 0 Å². The lowest BCUT2D eigenvalue weighted by molar-refractivity contribution is -0.137. The number of hydrogen-bond donors (Lipinski definition) is 3. The average Bonchev–Trinajstić information content (AvgIpc) is 2.66. The summed E-state index contributed by atoms with van der Waals surface area (Å²) in [4.78, 5) is 10.9. The Labute approximate surface area is 179 Å². The third-order valence-corrected chi connectivity index (χ3v) is 5.50. The molecule has 0 aliphatic rings. The zero-order valence-electron chi connectivity index (χ0n) is 19.4. The maximum atomic E-state index is 10.9. The Balaban J connectivity index is 4.40. The van der Waals surface area contributed by atoms with Gasteiger partial charge in [0.2, 0.25) is 0 Å². The monoisotopic (exact) mass is 409 g/mol. The number of aliphatic carboxylic acids is 1. The molecule has 0 saturated carbocycles. The van der Waals surface area contributed by atoms with Crippen molar-refractivity contribution in [1.82, 2.24) is 5.32 Å². The number of carboxylic acid groups (broad SMARTS) is 1. The summed E-state index contributed by atoms with van der Waals surface area (Å²) in [6, 6.07) is 0. The fourth-order valence-electron chi connectivity index (χ4n) is 3.64. The molecule has 170 valence electrons. The Morgan fingerprint density at radius 2 is 1.66 bits per heavy atom. The van der Waals surface area contributed by atoms with Gasteiger partial charge in [-0.15, -0.1) is 0 Å². The molecule has 3 atom stereocenters. The zero-order chi connectivity index (χ0) is 21.9. The number of carbonyl (C=O) groups is 1. The first-order valence-electron chi connectivity index (χ1n) is 11.8. The fraction of sp³-hybridized carbons (Fsp3) is 0.800. The van der Waals surface area contributed by atoms with E-state index in [1.54, 1.807) is 0 Å². The van der Waals surface area contributed by atoms with Crippen LogP contribution in [0.2, 0.25) is 0 Å². The number of hydrogen-bond acceptors (Lipinski definition) is 3. The van der Waals surface area contributed by atoms with Gasteiger partial charge < -0.3 is 15.5 Å². The van der Waals surface area contributed by atoms with Crippen LogP contribution in [0.1, 0.15) is 91.4 Å². The summed E-state index contributed by atoms with van der Waals surface area (Å²) in [6.07, 6.45) is 18.8. The number of unbranched alkanes of at least 4 members (excludes halogenated alkanes) is 2. The second-order valence-corrected chi connectivity index (χ2v) is 8.85. The maximum absolute atomic E-state index is 10.9. The second-order valence-electron chi connectivity index (χ2n) is 8.85. The molecule has 0 aliphatic carbocycles. The molecule has 0 rings (SSSR count). The van der Waals surface area contributed by atoms with Gasteiger partial charge in [0.1, 0.15) is 0 Å². The molecule has 0 radical (unpaired) electrons. The summed E-state index contributed by atoms with van der Waals surface area (Å²) >= 11 is 0. The SMILES string of the molecule is CCCCC[C@H](O)/C=C/C=C/[C@H](CCC[C@@H](CCC(=O)O)CCC(C)C)CNC. The predicted molar refractivity (Wildman–Crippen MR) is 124 cm³/mol. The van der Waals surface area contributed by atoms with Gasteiger partial charge in [-0.3, -0.25) is 4.79 Å². The predicted octanol–water partition coefficient (Wildman–Crippen LogP) is 5.96. The molecule has 29 heavy (non-hydrogen) atoms. The number of carboxylic acids is 1. The number of aliphatic hydroxyl groups is 1. The molecule has 0 unspecified atom stereocenters. The molecule has 3 N–H and O–H groups in total. The lowest BCUT2D eigenvalue weighted by atomic mass is 9.88. The third-order valence-electron chi connectivity index (χ3n) is 5.50. The van der Waals surface area contributed by atoms with Gasteiger partial charge in [-0.1, -0.05) is 90.0 Å². The van der Waals surface area contributed by atoms with Crippen LogP contribution in [0.3, 0.4) is 0 Å². The van der Waals surface area contributed by atoms with Crippen molar-refractivity contribution in [2.24, 2.45) is 17.8 Å². The van der Waals surface area contributed by atoms with Gasteiger partial charge in [0.25, 0.3) is 0 Å². The van der Waals surface area contributed by atoms with Gasteiger partial charge in [-0.25, -0.2) is 0 Å². The van der Waals surface area contributed by atoms with Crippen LogP contribution in [-0.4, -0.2) is 35.9 Å². The van der Waals surface area contributed by atoms with E-state index in [-0.39, 0.29) is 12.5 Å². The maximum Gasteiger partial charge on any atom is 0.303 e. The first kappa shape index (κ1) is 27.9. The van der Waals surface area contributed by atoms with Crippen molar-refractivity contribution in [3.05, 3.63) is 24.3 Å². The molecule has 4 nitrogen and oxygen atoms in total. The van der Waals surface area contributed by atoms with Crippen molar-refractivity contribution in [3.63, 3.8) is 0 Å². The van der Waals surface area contributed by atoms with E-state index in [9.17, 15) is 9.90 Å². The summed E-state index contributed by atoms with van der Waals surface area (Å²) in [6.45, 7) is 7.58. The Kier molecular flexibility index (Phi) is 18.1. The molecule has 4 heteroatoms. The smallest absolute Gasteiger partial charge is 0.303 e. The Bertz CT molecular complexity index is 445. The zero-order valence-corrected chi connectivity index (χ0v) is 19.4. The normalized spacial score (nSPS) is 15.4. The van der Waals surface area contributed by atoms with E-state index in [0.717, 1.165) is 51.5 Å². The highest BCUT2D eigenvalue weighted by atomic mass is 16.4. The van der Waals surface area contributed by atoms with Crippen LogP contribution in [0.15, 0.2) is 24.3 Å². The number of rotatable bonds is 19. The molecule has 0 heterocycles. The average molecular weight is 410 g/mol. The van der Waals surface area contributed by atoms with E-state index in [1.807, 2.05) is 19.2 Å². The summed E-state index contributed by atoms with van der Waals surface area (Å²) in [7, 11) is 1.98. The van der Waals surface area contributed by atoms with E-state index in [1.165, 1.54) is 19.3 Å². The van der Waals surface area contributed by atoms with Crippen LogP contribution in [0.25, 0.3) is 0 Å². The van der Waals surface area contributed by atoms with Crippen LogP contribution < -0.4 is 5.32 Å². The number of aliphatic hydroxyl groups excluding tert-OH is 1. The number of nitrogens with one attached hydrogen (secondary N) is 1. The van der Waals surface area contributed by atoms with Crippen molar-refractivity contribution in [2.45, 2.75) is 97.5 Å². The van der Waals surface area contributed by atoms with Crippen molar-refractivity contribution in [3.8, 4) is 0 Å². The minimum atomic E-state index is -0.681. The lowest BCUT2D eigenvalue weighted by Crippen LogP contribution is -2.17. The van der Waals surface area contributed by atoms with E-state index in [0.29, 0.717) is 17.8 Å². The van der Waals surface area contributed by atoms with E-state index < -0.39 is 5.97 Å². The molecule has 0 aliphatic heterocycles. The van der Waals surface area contributed by atoms with Crippen LogP contribution in [0, 0.1) is 17.8 Å². The second kappa shape index (κ2) is 18.9. The molecule has 0 amide bonds. The van der Waals surface area contributed by atoms with Gasteiger partial charge in [0.05, 0.1) is 6.10 Å². The lowest BCUT2D eigenvalue weighted by Gasteiger charge is -2.19. The first-order chi connectivity index (χ1) is 13.9. The van der Waals surface area contributed by atoms with Gasteiger partial charge in [-0.05, 0) is 44.1 Å². The van der Waals surface area contributed by atoms with Gasteiger partial charge in [0.15, 0.2) is 0 Å². The van der Waals surface area contributed by atoms with Gasteiger partial charge in [0, 0.05) is 13.0 Å². The summed E-state index contributed by atoms with van der Waals surface area (Å²) < 4.78 is 0. The van der Waals surface area contributed by atoms with Crippen LogP contribution in [-0.2, 0) is 4.79 Å². The largest absolute Gasteiger partial charge is 0.481 e. The van der Waals surface area contributed by atoms with Crippen molar-refractivity contribution < 1.29 is 15.0 Å². The summed E-state index contributed by atoms with van der Waals surface area (Å²) in [5.41, 5.74) is 0. The molecule has 0 fully saturated rings. The quantitative estimate of drug-likeness (QED) is 0.182. The van der Waals surface area contributed by atoms with Crippen molar-refractivity contribution in [2.75, 3.05) is 13.6 Å².